The second-order valence-corrected chi connectivity index (χ2v) is 7.21. The van der Waals surface area contributed by atoms with Gasteiger partial charge in [0.2, 0.25) is 0 Å². The Labute approximate surface area is 164 Å². The van der Waals surface area contributed by atoms with Crippen molar-refractivity contribution in [2.75, 3.05) is 26.2 Å². The zero-order chi connectivity index (χ0) is 19.4. The number of benzene rings is 1. The minimum absolute atomic E-state index is 0.292. The molecule has 1 aromatic carbocycles. The van der Waals surface area contributed by atoms with E-state index >= 15 is 0 Å². The number of likely N-dealkylation sites (tertiary alicyclic amines) is 1. The Morgan fingerprint density at radius 1 is 1.21 bits per heavy atom. The molecule has 1 unspecified atom stereocenters. The fraction of sp³-hybridized carbons (Fsp3) is 0.400. The molecule has 0 bridgehead atoms. The maximum absolute atomic E-state index is 6.42. The number of rotatable bonds is 7. The van der Waals surface area contributed by atoms with Crippen molar-refractivity contribution in [3.8, 4) is 11.3 Å². The number of aromatic nitrogens is 1. The molecule has 8 heteroatoms. The van der Waals surface area contributed by atoms with Crippen LogP contribution in [0.2, 0.25) is 0 Å². The molecule has 0 radical (unpaired) electrons. The molecule has 5 N–H and O–H groups in total. The van der Waals surface area contributed by atoms with Crippen molar-refractivity contribution in [1.82, 2.24) is 15.4 Å². The highest BCUT2D eigenvalue weighted by atomic mass is 16.5. The number of hydrogen-bond acceptors (Lipinski definition) is 8. The number of nitrogens with two attached hydrogens (primary N) is 2. The molecule has 28 heavy (non-hydrogen) atoms. The summed E-state index contributed by atoms with van der Waals surface area (Å²) in [5.41, 5.74) is 14.1. The number of nitrogens with zero attached hydrogens (tertiary/aromatic N) is 3. The lowest BCUT2D eigenvalue weighted by Gasteiger charge is -2.31. The molecule has 4 rings (SSSR count). The molecule has 2 aromatic rings. The number of nitrogens with one attached hydrogen (secondary N) is 1. The van der Waals surface area contributed by atoms with Crippen molar-refractivity contribution in [2.24, 2.45) is 16.5 Å². The van der Waals surface area contributed by atoms with E-state index < -0.39 is 5.79 Å². The third-order valence-corrected chi connectivity index (χ3v) is 4.88. The summed E-state index contributed by atoms with van der Waals surface area (Å²) < 4.78 is 11.3. The van der Waals surface area contributed by atoms with Crippen LogP contribution < -0.4 is 16.8 Å². The molecule has 0 saturated carbocycles. The van der Waals surface area contributed by atoms with E-state index in [-0.39, 0.29) is 0 Å². The van der Waals surface area contributed by atoms with Crippen LogP contribution in [0.3, 0.4) is 0 Å². The lowest BCUT2D eigenvalue weighted by molar-refractivity contribution is 0.136. The van der Waals surface area contributed by atoms with Crippen molar-refractivity contribution in [1.29, 1.82) is 0 Å². The van der Waals surface area contributed by atoms with Crippen molar-refractivity contribution in [3.63, 3.8) is 0 Å². The quantitative estimate of drug-likeness (QED) is 0.663. The maximum atomic E-state index is 6.42. The van der Waals surface area contributed by atoms with Crippen LogP contribution in [0.1, 0.15) is 18.6 Å². The van der Waals surface area contributed by atoms with Gasteiger partial charge in [0.05, 0.1) is 6.42 Å². The van der Waals surface area contributed by atoms with Crippen LogP contribution >= 0.6 is 0 Å². The molecule has 2 aliphatic rings. The predicted octanol–water partition coefficient (Wildman–Crippen LogP) is 1.41. The normalized spacial score (nSPS) is 22.5. The van der Waals surface area contributed by atoms with Crippen molar-refractivity contribution in [3.05, 3.63) is 54.1 Å². The topological polar surface area (TPSA) is 115 Å². The monoisotopic (exact) mass is 382 g/mol. The lowest BCUT2D eigenvalue weighted by Crippen LogP contribution is -2.56. The molecule has 0 aliphatic carbocycles. The molecule has 148 valence electrons. The third kappa shape index (κ3) is 4.52. The van der Waals surface area contributed by atoms with Crippen LogP contribution in [0.4, 0.5) is 0 Å². The van der Waals surface area contributed by atoms with Gasteiger partial charge in [0.1, 0.15) is 23.9 Å². The Balaban J connectivity index is 1.37. The first-order chi connectivity index (χ1) is 13.6. The van der Waals surface area contributed by atoms with Gasteiger partial charge in [-0.3, -0.25) is 10.6 Å². The van der Waals surface area contributed by atoms with Gasteiger partial charge in [-0.25, -0.2) is 4.99 Å². The van der Waals surface area contributed by atoms with Crippen LogP contribution in [0.15, 0.2) is 57.9 Å². The third-order valence-electron chi connectivity index (χ3n) is 4.88. The molecule has 1 fully saturated rings. The van der Waals surface area contributed by atoms with Crippen LogP contribution in [-0.2, 0) is 11.2 Å². The van der Waals surface area contributed by atoms with Crippen LogP contribution in [0, 0.1) is 0 Å². The second-order valence-electron chi connectivity index (χ2n) is 7.21. The molecule has 1 atom stereocenters. The van der Waals surface area contributed by atoms with Gasteiger partial charge in [-0.1, -0.05) is 35.5 Å². The molecule has 1 aromatic heterocycles. The van der Waals surface area contributed by atoms with Gasteiger partial charge in [-0.2, -0.15) is 0 Å². The summed E-state index contributed by atoms with van der Waals surface area (Å²) in [6.07, 6.45) is 4.47. The van der Waals surface area contributed by atoms with Gasteiger partial charge < -0.3 is 20.3 Å². The minimum Gasteiger partial charge on any atom is -0.478 e. The van der Waals surface area contributed by atoms with E-state index in [1.54, 1.807) is 6.08 Å². The molecule has 8 nitrogen and oxygen atoms in total. The number of aliphatic imine (C=N–C) groups is 1. The van der Waals surface area contributed by atoms with Crippen molar-refractivity contribution >= 4 is 5.84 Å². The van der Waals surface area contributed by atoms with Crippen LogP contribution in [-0.4, -0.2) is 47.9 Å². The SMILES string of the molecule is NC1=NC(N)(Cc2cc(-c3ccccc3)no2)NC(OCCN2CCCC2)=C1. The van der Waals surface area contributed by atoms with Crippen LogP contribution in [0.5, 0.6) is 0 Å². The molecule has 2 aliphatic heterocycles. The van der Waals surface area contributed by atoms with E-state index in [1.807, 2.05) is 36.4 Å². The van der Waals surface area contributed by atoms with Gasteiger partial charge >= 0.3 is 0 Å². The summed E-state index contributed by atoms with van der Waals surface area (Å²) in [7, 11) is 0. The summed E-state index contributed by atoms with van der Waals surface area (Å²) in [4.78, 5) is 6.72. The lowest BCUT2D eigenvalue weighted by atomic mass is 10.1. The van der Waals surface area contributed by atoms with Gasteiger partial charge in [-0.15, -0.1) is 0 Å². The zero-order valence-electron chi connectivity index (χ0n) is 15.8. The Bertz CT molecular complexity index is 857. The first kappa shape index (κ1) is 18.5. The Kier molecular flexibility index (Phi) is 5.31. The molecular weight excluding hydrogens is 356 g/mol. The Morgan fingerprint density at radius 2 is 2.00 bits per heavy atom. The van der Waals surface area contributed by atoms with Crippen LogP contribution in [0.25, 0.3) is 11.3 Å². The minimum atomic E-state index is -1.14. The van der Waals surface area contributed by atoms with E-state index in [2.05, 4.69) is 20.4 Å². The van der Waals surface area contributed by atoms with E-state index in [9.17, 15) is 0 Å². The fourth-order valence-electron chi connectivity index (χ4n) is 3.53. The highest BCUT2D eigenvalue weighted by molar-refractivity contribution is 5.92. The smallest absolute Gasteiger partial charge is 0.194 e. The number of ether oxygens (including phenoxy) is 1. The van der Waals surface area contributed by atoms with Gasteiger partial charge in [0.25, 0.3) is 0 Å². The zero-order valence-corrected chi connectivity index (χ0v) is 15.8. The summed E-state index contributed by atoms with van der Waals surface area (Å²) in [5, 5.41) is 7.25. The average Bonchev–Trinajstić information content (AvgIpc) is 3.33. The number of amidine groups is 1. The van der Waals surface area contributed by atoms with Gasteiger partial charge in [-0.05, 0) is 25.9 Å². The summed E-state index contributed by atoms with van der Waals surface area (Å²) in [6.45, 7) is 3.73. The number of hydrogen-bond donors (Lipinski definition) is 3. The van der Waals surface area contributed by atoms with Crippen molar-refractivity contribution < 1.29 is 9.26 Å². The largest absolute Gasteiger partial charge is 0.478 e. The predicted molar refractivity (Wildman–Crippen MR) is 107 cm³/mol. The summed E-state index contributed by atoms with van der Waals surface area (Å²) >= 11 is 0. The second kappa shape index (κ2) is 8.04. The molecule has 0 amide bonds. The first-order valence-electron chi connectivity index (χ1n) is 9.60. The summed E-state index contributed by atoms with van der Waals surface area (Å²) in [5.74, 6) is 0.316. The standard InChI is InChI=1S/C20H26N6O2/c21-18-13-19(27-11-10-26-8-4-5-9-26)24-20(22,23-18)14-16-12-17(25-28-16)15-6-2-1-3-7-15/h1-3,6-7,12-13,24H,4-5,8-11,14,22H2,(H2,21,23). The van der Waals surface area contributed by atoms with Gasteiger partial charge in [0.15, 0.2) is 11.7 Å². The van der Waals surface area contributed by atoms with E-state index in [4.69, 9.17) is 20.7 Å². The molecule has 0 spiro atoms. The summed E-state index contributed by atoms with van der Waals surface area (Å²) in [6, 6.07) is 11.7. The molecule has 1 saturated heterocycles. The Morgan fingerprint density at radius 3 is 2.79 bits per heavy atom. The van der Waals surface area contributed by atoms with E-state index in [1.165, 1.54) is 12.8 Å². The van der Waals surface area contributed by atoms with Crippen molar-refractivity contribution in [2.45, 2.75) is 25.0 Å². The Hall–Kier alpha value is -2.84. The molecule has 3 heterocycles. The van der Waals surface area contributed by atoms with E-state index in [0.29, 0.717) is 30.5 Å². The highest BCUT2D eigenvalue weighted by Crippen LogP contribution is 2.22. The highest BCUT2D eigenvalue weighted by Gasteiger charge is 2.31. The fourth-order valence-corrected chi connectivity index (χ4v) is 3.53. The molecular formula is C20H26N6O2. The maximum Gasteiger partial charge on any atom is 0.194 e. The van der Waals surface area contributed by atoms with E-state index in [0.717, 1.165) is 30.9 Å². The van der Waals surface area contributed by atoms with Gasteiger partial charge in [0, 0.05) is 24.3 Å². The average molecular weight is 382 g/mol. The first-order valence-corrected chi connectivity index (χ1v) is 9.60.